The molecule has 0 aliphatic carbocycles. The zero-order valence-corrected chi connectivity index (χ0v) is 13.9. The summed E-state index contributed by atoms with van der Waals surface area (Å²) in [6, 6.07) is 11.8. The summed E-state index contributed by atoms with van der Waals surface area (Å²) in [6.45, 7) is 1.50. The van der Waals surface area contributed by atoms with Crippen molar-refractivity contribution in [2.45, 2.75) is 6.92 Å². The standard InChI is InChI=1S/C19H13ClO5/c1-11-10-16(22)18(19(23)24-11)15(21)8-6-12-7-9-17(25-12)13-4-2-3-5-14(13)20/h2-10,22H,1H3/b8-6+. The molecule has 0 bridgehead atoms. The highest BCUT2D eigenvalue weighted by atomic mass is 35.5. The van der Waals surface area contributed by atoms with Crippen LogP contribution in [-0.2, 0) is 0 Å². The fourth-order valence-electron chi connectivity index (χ4n) is 2.31. The number of furan rings is 1. The molecule has 0 unspecified atom stereocenters. The molecule has 1 N–H and O–H groups in total. The second-order valence-corrected chi connectivity index (χ2v) is 5.69. The Morgan fingerprint density at radius 3 is 2.64 bits per heavy atom. The van der Waals surface area contributed by atoms with Crippen LogP contribution in [0.1, 0.15) is 21.9 Å². The normalized spacial score (nSPS) is 11.1. The van der Waals surface area contributed by atoms with Gasteiger partial charge in [-0.25, -0.2) is 4.79 Å². The summed E-state index contributed by atoms with van der Waals surface area (Å²) in [5.41, 5.74) is -0.574. The molecule has 0 saturated heterocycles. The molecule has 3 rings (SSSR count). The number of ketones is 1. The van der Waals surface area contributed by atoms with Crippen LogP contribution in [0.15, 0.2) is 62.2 Å². The summed E-state index contributed by atoms with van der Waals surface area (Å²) in [5.74, 6) is 0.0784. The van der Waals surface area contributed by atoms with Gasteiger partial charge in [-0.1, -0.05) is 23.7 Å². The van der Waals surface area contributed by atoms with Crippen LogP contribution in [0.4, 0.5) is 0 Å². The third-order valence-corrected chi connectivity index (χ3v) is 3.79. The fraction of sp³-hybridized carbons (Fsp3) is 0.0526. The Bertz CT molecular complexity index is 1030. The van der Waals surface area contributed by atoms with Gasteiger partial charge in [0.25, 0.3) is 0 Å². The summed E-state index contributed by atoms with van der Waals surface area (Å²) >= 11 is 6.12. The predicted octanol–water partition coefficient (Wildman–Crippen LogP) is 4.46. The number of hydrogen-bond donors (Lipinski definition) is 1. The first-order chi connectivity index (χ1) is 12.0. The van der Waals surface area contributed by atoms with Gasteiger partial charge in [-0.2, -0.15) is 0 Å². The highest BCUT2D eigenvalue weighted by Crippen LogP contribution is 2.29. The van der Waals surface area contributed by atoms with Crippen molar-refractivity contribution in [1.29, 1.82) is 0 Å². The molecule has 0 aliphatic heterocycles. The van der Waals surface area contributed by atoms with E-state index >= 15 is 0 Å². The van der Waals surface area contributed by atoms with Crippen molar-refractivity contribution in [1.82, 2.24) is 0 Å². The summed E-state index contributed by atoms with van der Waals surface area (Å²) in [6.07, 6.45) is 2.54. The Hall–Kier alpha value is -3.05. The smallest absolute Gasteiger partial charge is 0.351 e. The number of aryl methyl sites for hydroxylation is 1. The molecule has 2 heterocycles. The first-order valence-electron chi connectivity index (χ1n) is 7.36. The van der Waals surface area contributed by atoms with Gasteiger partial charge in [0.05, 0.1) is 5.02 Å². The number of carbonyl (C=O) groups is 1. The lowest BCUT2D eigenvalue weighted by Crippen LogP contribution is -2.12. The maximum atomic E-state index is 12.1. The fourth-order valence-corrected chi connectivity index (χ4v) is 2.54. The van der Waals surface area contributed by atoms with Crippen molar-refractivity contribution in [2.75, 3.05) is 0 Å². The maximum Gasteiger partial charge on any atom is 0.351 e. The minimum atomic E-state index is -0.886. The lowest BCUT2D eigenvalue weighted by atomic mass is 10.1. The molecular weight excluding hydrogens is 344 g/mol. The lowest BCUT2D eigenvalue weighted by Gasteiger charge is -2.00. The van der Waals surface area contributed by atoms with Gasteiger partial charge in [0.15, 0.2) is 5.78 Å². The molecule has 0 radical (unpaired) electrons. The molecule has 0 fully saturated rings. The summed E-state index contributed by atoms with van der Waals surface area (Å²) < 4.78 is 10.5. The van der Waals surface area contributed by atoms with E-state index in [1.54, 1.807) is 18.2 Å². The second-order valence-electron chi connectivity index (χ2n) is 5.28. The van der Waals surface area contributed by atoms with Crippen LogP contribution in [0, 0.1) is 6.92 Å². The highest BCUT2D eigenvalue weighted by Gasteiger charge is 2.16. The van der Waals surface area contributed by atoms with Gasteiger partial charge in [0, 0.05) is 11.6 Å². The molecule has 2 aromatic heterocycles. The number of rotatable bonds is 4. The average molecular weight is 357 g/mol. The van der Waals surface area contributed by atoms with Gasteiger partial charge in [-0.15, -0.1) is 0 Å². The van der Waals surface area contributed by atoms with Crippen molar-refractivity contribution in [2.24, 2.45) is 0 Å². The highest BCUT2D eigenvalue weighted by molar-refractivity contribution is 6.33. The Balaban J connectivity index is 1.85. The van der Waals surface area contributed by atoms with Crippen molar-refractivity contribution in [3.63, 3.8) is 0 Å². The molecule has 126 valence electrons. The van der Waals surface area contributed by atoms with E-state index in [1.807, 2.05) is 18.2 Å². The molecule has 6 heteroatoms. The number of carbonyl (C=O) groups excluding carboxylic acids is 1. The first kappa shape index (κ1) is 16.8. The monoisotopic (exact) mass is 356 g/mol. The zero-order valence-electron chi connectivity index (χ0n) is 13.2. The van der Waals surface area contributed by atoms with E-state index in [0.29, 0.717) is 16.5 Å². The minimum absolute atomic E-state index is 0.221. The number of allylic oxidation sites excluding steroid dienone is 1. The molecule has 3 aromatic rings. The minimum Gasteiger partial charge on any atom is -0.507 e. The van der Waals surface area contributed by atoms with Crippen molar-refractivity contribution >= 4 is 23.5 Å². The number of hydrogen-bond acceptors (Lipinski definition) is 5. The van der Waals surface area contributed by atoms with E-state index in [4.69, 9.17) is 20.4 Å². The van der Waals surface area contributed by atoms with Crippen LogP contribution < -0.4 is 5.63 Å². The van der Waals surface area contributed by atoms with Gasteiger partial charge < -0.3 is 13.9 Å². The molecule has 25 heavy (non-hydrogen) atoms. The van der Waals surface area contributed by atoms with Crippen LogP contribution in [0.3, 0.4) is 0 Å². The van der Waals surface area contributed by atoms with E-state index in [2.05, 4.69) is 0 Å². The van der Waals surface area contributed by atoms with E-state index in [0.717, 1.165) is 11.6 Å². The van der Waals surface area contributed by atoms with Crippen molar-refractivity contribution < 1.29 is 18.7 Å². The van der Waals surface area contributed by atoms with Crippen LogP contribution in [-0.4, -0.2) is 10.9 Å². The molecular formula is C19H13ClO5. The lowest BCUT2D eigenvalue weighted by molar-refractivity contribution is 0.104. The number of benzene rings is 1. The van der Waals surface area contributed by atoms with Gasteiger partial charge in [0.2, 0.25) is 0 Å². The Labute approximate surface area is 147 Å². The van der Waals surface area contributed by atoms with Gasteiger partial charge in [0.1, 0.15) is 28.6 Å². The SMILES string of the molecule is Cc1cc(O)c(C(=O)/C=C/c2ccc(-c3ccccc3Cl)o2)c(=O)o1. The Morgan fingerprint density at radius 1 is 1.16 bits per heavy atom. The topological polar surface area (TPSA) is 80.6 Å². The Kier molecular flexibility index (Phi) is 4.59. The van der Waals surface area contributed by atoms with E-state index in [1.165, 1.54) is 19.1 Å². The summed E-state index contributed by atoms with van der Waals surface area (Å²) in [7, 11) is 0. The van der Waals surface area contributed by atoms with E-state index in [9.17, 15) is 14.7 Å². The predicted molar refractivity (Wildman–Crippen MR) is 93.9 cm³/mol. The first-order valence-corrected chi connectivity index (χ1v) is 7.74. The van der Waals surface area contributed by atoms with Crippen LogP contribution in [0.25, 0.3) is 17.4 Å². The zero-order chi connectivity index (χ0) is 18.0. The molecule has 0 aliphatic rings. The third kappa shape index (κ3) is 3.56. The molecule has 0 saturated carbocycles. The number of aromatic hydroxyl groups is 1. The summed E-state index contributed by atoms with van der Waals surface area (Å²) in [4.78, 5) is 23.9. The maximum absolute atomic E-state index is 12.1. The average Bonchev–Trinajstić information content (AvgIpc) is 3.01. The number of halogens is 1. The Morgan fingerprint density at radius 2 is 1.92 bits per heavy atom. The third-order valence-electron chi connectivity index (χ3n) is 3.47. The quantitative estimate of drug-likeness (QED) is 0.551. The van der Waals surface area contributed by atoms with Crippen molar-refractivity contribution in [3.05, 3.63) is 81.1 Å². The van der Waals surface area contributed by atoms with Crippen LogP contribution in [0.2, 0.25) is 5.02 Å². The summed E-state index contributed by atoms with van der Waals surface area (Å²) in [5, 5.41) is 10.3. The molecule has 0 amide bonds. The van der Waals surface area contributed by atoms with Gasteiger partial charge in [-0.05, 0) is 43.3 Å². The molecule has 0 atom stereocenters. The van der Waals surface area contributed by atoms with Gasteiger partial charge in [-0.3, -0.25) is 4.79 Å². The van der Waals surface area contributed by atoms with E-state index in [-0.39, 0.29) is 5.76 Å². The second kappa shape index (κ2) is 6.83. The molecule has 0 spiro atoms. The largest absolute Gasteiger partial charge is 0.507 e. The van der Waals surface area contributed by atoms with Crippen LogP contribution >= 0.6 is 11.6 Å². The van der Waals surface area contributed by atoms with Crippen LogP contribution in [0.5, 0.6) is 5.75 Å². The molecule has 1 aromatic carbocycles. The van der Waals surface area contributed by atoms with E-state index < -0.39 is 22.7 Å². The van der Waals surface area contributed by atoms with Crippen molar-refractivity contribution in [3.8, 4) is 17.1 Å². The van der Waals surface area contributed by atoms with Gasteiger partial charge >= 0.3 is 5.63 Å². The molecule has 5 nitrogen and oxygen atoms in total.